The molecule has 30 heavy (non-hydrogen) atoms. The van der Waals surface area contributed by atoms with Crippen molar-refractivity contribution in [1.82, 2.24) is 10.2 Å². The molecule has 0 bridgehead atoms. The molecular weight excluding hydrogens is 396 g/mol. The maximum absolute atomic E-state index is 12.2. The number of rotatable bonds is 7. The summed E-state index contributed by atoms with van der Waals surface area (Å²) in [4.78, 5) is 16.0. The summed E-state index contributed by atoms with van der Waals surface area (Å²) in [6.07, 6.45) is 0. The summed E-state index contributed by atoms with van der Waals surface area (Å²) in [7, 11) is 0. The summed E-state index contributed by atoms with van der Waals surface area (Å²) in [5.74, 6) is 0.423. The molecule has 0 unspecified atom stereocenters. The van der Waals surface area contributed by atoms with Crippen molar-refractivity contribution in [2.24, 2.45) is 0 Å². The summed E-state index contributed by atoms with van der Waals surface area (Å²) in [5, 5.41) is 6.77. The first-order chi connectivity index (χ1) is 14.5. The van der Waals surface area contributed by atoms with Crippen molar-refractivity contribution in [1.29, 1.82) is 0 Å². The zero-order valence-corrected chi connectivity index (χ0v) is 18.8. The van der Waals surface area contributed by atoms with Gasteiger partial charge in [-0.15, -0.1) is 11.3 Å². The first-order valence-corrected chi connectivity index (χ1v) is 11.5. The van der Waals surface area contributed by atoms with E-state index in [1.54, 1.807) is 17.4 Å². The molecule has 4 rings (SSSR count). The second-order valence-electron chi connectivity index (χ2n) is 8.26. The second-order valence-corrected chi connectivity index (χ2v) is 9.24. The van der Waals surface area contributed by atoms with E-state index in [0.29, 0.717) is 24.1 Å². The summed E-state index contributed by atoms with van der Waals surface area (Å²) in [6.45, 7) is 11.4. The Kier molecular flexibility index (Phi) is 6.68. The van der Waals surface area contributed by atoms with Crippen LogP contribution in [-0.2, 0) is 11.3 Å². The number of thiophene rings is 1. The highest BCUT2D eigenvalue weighted by Crippen LogP contribution is 2.28. The standard InChI is InChI=1S/C24H30N2O3S/c1-16(2)19-13-20-18(12-24(27)29-22(20)11-17(19)3)14-25-15-21(23-5-4-10-30-23)26-6-8-28-9-7-26/h4-5,10-13,16,21,25H,6-9,14-15H2,1-3H3/t21-/m1/s1. The quantitative estimate of drug-likeness (QED) is 0.566. The number of hydrogen-bond acceptors (Lipinski definition) is 6. The van der Waals surface area contributed by atoms with Crippen LogP contribution >= 0.6 is 11.3 Å². The summed E-state index contributed by atoms with van der Waals surface area (Å²) < 4.78 is 11.0. The van der Waals surface area contributed by atoms with E-state index in [1.807, 2.05) is 6.07 Å². The van der Waals surface area contributed by atoms with E-state index < -0.39 is 0 Å². The second kappa shape index (κ2) is 9.43. The highest BCUT2D eigenvalue weighted by molar-refractivity contribution is 7.10. The minimum atomic E-state index is -0.293. The first kappa shape index (κ1) is 21.2. The molecule has 0 aliphatic carbocycles. The molecule has 0 saturated carbocycles. The molecule has 0 spiro atoms. The van der Waals surface area contributed by atoms with Gasteiger partial charge < -0.3 is 14.5 Å². The Bertz CT molecular complexity index is 1040. The van der Waals surface area contributed by atoms with Gasteiger partial charge in [-0.1, -0.05) is 19.9 Å². The molecule has 1 fully saturated rings. The third-order valence-corrected chi connectivity index (χ3v) is 6.82. The molecule has 0 radical (unpaired) electrons. The maximum Gasteiger partial charge on any atom is 0.336 e. The van der Waals surface area contributed by atoms with Gasteiger partial charge in [-0.25, -0.2) is 4.79 Å². The van der Waals surface area contributed by atoms with Gasteiger partial charge in [0.25, 0.3) is 0 Å². The molecule has 0 amide bonds. The van der Waals surface area contributed by atoms with Crippen LogP contribution in [-0.4, -0.2) is 37.7 Å². The lowest BCUT2D eigenvalue weighted by atomic mass is 9.95. The molecule has 3 heterocycles. The molecule has 1 N–H and O–H groups in total. The number of ether oxygens (including phenoxy) is 1. The number of nitrogens with zero attached hydrogens (tertiary/aromatic N) is 1. The third kappa shape index (κ3) is 4.67. The Balaban J connectivity index is 1.56. The predicted octanol–water partition coefficient (Wildman–Crippen LogP) is 4.45. The lowest BCUT2D eigenvalue weighted by molar-refractivity contribution is 0.0168. The Hall–Kier alpha value is -1.99. The molecule has 1 atom stereocenters. The molecule has 3 aromatic rings. The van der Waals surface area contributed by atoms with Gasteiger partial charge in [-0.05, 0) is 53.1 Å². The van der Waals surface area contributed by atoms with Gasteiger partial charge in [0, 0.05) is 42.5 Å². The van der Waals surface area contributed by atoms with Crippen LogP contribution in [0.25, 0.3) is 11.0 Å². The molecule has 2 aromatic heterocycles. The number of hydrogen-bond donors (Lipinski definition) is 1. The molecule has 1 aliphatic heterocycles. The van der Waals surface area contributed by atoms with Gasteiger partial charge in [0.15, 0.2) is 0 Å². The van der Waals surface area contributed by atoms with Crippen LogP contribution in [0.3, 0.4) is 0 Å². The third-order valence-electron chi connectivity index (χ3n) is 5.85. The summed E-state index contributed by atoms with van der Waals surface area (Å²) in [6, 6.07) is 10.4. The minimum Gasteiger partial charge on any atom is -0.423 e. The van der Waals surface area contributed by atoms with Gasteiger partial charge in [0.1, 0.15) is 5.58 Å². The topological polar surface area (TPSA) is 54.7 Å². The predicted molar refractivity (Wildman–Crippen MR) is 122 cm³/mol. The lowest BCUT2D eigenvalue weighted by Crippen LogP contribution is -2.42. The van der Waals surface area contributed by atoms with Crippen LogP contribution in [0.15, 0.2) is 44.9 Å². The zero-order valence-electron chi connectivity index (χ0n) is 17.9. The van der Waals surface area contributed by atoms with E-state index in [9.17, 15) is 4.79 Å². The number of morpholine rings is 1. The van der Waals surface area contributed by atoms with E-state index in [2.05, 4.69) is 54.6 Å². The van der Waals surface area contributed by atoms with E-state index in [0.717, 1.165) is 49.4 Å². The monoisotopic (exact) mass is 426 g/mol. The molecular formula is C24H30N2O3S. The van der Waals surface area contributed by atoms with Crippen molar-refractivity contribution in [2.45, 2.75) is 39.3 Å². The van der Waals surface area contributed by atoms with Crippen LogP contribution in [0.2, 0.25) is 0 Å². The highest BCUT2D eigenvalue weighted by Gasteiger charge is 2.23. The molecule has 6 heteroatoms. The number of nitrogens with one attached hydrogen (secondary N) is 1. The van der Waals surface area contributed by atoms with Gasteiger partial charge in [-0.2, -0.15) is 0 Å². The minimum absolute atomic E-state index is 0.293. The fourth-order valence-corrected chi connectivity index (χ4v) is 5.14. The van der Waals surface area contributed by atoms with Crippen LogP contribution < -0.4 is 10.9 Å². The van der Waals surface area contributed by atoms with Crippen molar-refractivity contribution in [3.63, 3.8) is 0 Å². The van der Waals surface area contributed by atoms with E-state index >= 15 is 0 Å². The zero-order chi connectivity index (χ0) is 21.1. The summed E-state index contributed by atoms with van der Waals surface area (Å²) in [5.41, 5.74) is 3.83. The number of aryl methyl sites for hydroxylation is 1. The number of fused-ring (bicyclic) bond motifs is 1. The van der Waals surface area contributed by atoms with Crippen molar-refractivity contribution in [3.8, 4) is 0 Å². The SMILES string of the molecule is Cc1cc2oc(=O)cc(CNC[C@H](c3cccs3)N3CCOCC3)c2cc1C(C)C. The fourth-order valence-electron chi connectivity index (χ4n) is 4.28. The average Bonchev–Trinajstić information content (AvgIpc) is 3.25. The van der Waals surface area contributed by atoms with Crippen LogP contribution in [0.1, 0.15) is 47.4 Å². The van der Waals surface area contributed by atoms with Gasteiger partial charge in [0.05, 0.1) is 19.3 Å². The average molecular weight is 427 g/mol. The van der Waals surface area contributed by atoms with Crippen LogP contribution in [0.5, 0.6) is 0 Å². The van der Waals surface area contributed by atoms with E-state index in [-0.39, 0.29) is 5.63 Å². The molecule has 1 aromatic carbocycles. The van der Waals surface area contributed by atoms with Crippen molar-refractivity contribution in [3.05, 3.63) is 67.7 Å². The van der Waals surface area contributed by atoms with Crippen molar-refractivity contribution < 1.29 is 9.15 Å². The maximum atomic E-state index is 12.2. The normalized spacial score (nSPS) is 16.4. The van der Waals surface area contributed by atoms with E-state index in [1.165, 1.54) is 10.4 Å². The Morgan fingerprint density at radius 3 is 2.70 bits per heavy atom. The molecule has 5 nitrogen and oxygen atoms in total. The molecule has 1 aliphatic rings. The van der Waals surface area contributed by atoms with Crippen LogP contribution in [0, 0.1) is 6.92 Å². The Morgan fingerprint density at radius 1 is 1.20 bits per heavy atom. The Labute approximate surface area is 181 Å². The molecule has 160 valence electrons. The summed E-state index contributed by atoms with van der Waals surface area (Å²) >= 11 is 1.80. The Morgan fingerprint density at radius 2 is 2.00 bits per heavy atom. The van der Waals surface area contributed by atoms with Crippen molar-refractivity contribution >= 4 is 22.3 Å². The largest absolute Gasteiger partial charge is 0.423 e. The smallest absolute Gasteiger partial charge is 0.336 e. The first-order valence-electron chi connectivity index (χ1n) is 10.7. The van der Waals surface area contributed by atoms with Crippen molar-refractivity contribution in [2.75, 3.05) is 32.8 Å². The van der Waals surface area contributed by atoms with E-state index in [4.69, 9.17) is 9.15 Å². The van der Waals surface area contributed by atoms with Gasteiger partial charge >= 0.3 is 5.63 Å². The number of benzene rings is 1. The van der Waals surface area contributed by atoms with Gasteiger partial charge in [-0.3, -0.25) is 4.90 Å². The molecule has 1 saturated heterocycles. The fraction of sp³-hybridized carbons (Fsp3) is 0.458. The van der Waals surface area contributed by atoms with Gasteiger partial charge in [0.2, 0.25) is 0 Å². The highest BCUT2D eigenvalue weighted by atomic mass is 32.1. The van der Waals surface area contributed by atoms with Crippen LogP contribution in [0.4, 0.5) is 0 Å². The lowest BCUT2D eigenvalue weighted by Gasteiger charge is -2.34.